The van der Waals surface area contributed by atoms with Crippen molar-refractivity contribution in [3.8, 4) is 5.75 Å². The molecule has 24 heavy (non-hydrogen) atoms. The monoisotopic (exact) mass is 371 g/mol. The van der Waals surface area contributed by atoms with Crippen molar-refractivity contribution in [2.45, 2.75) is 39.3 Å². The van der Waals surface area contributed by atoms with E-state index in [-0.39, 0.29) is 24.8 Å². The number of ether oxygens (including phenoxy) is 1. The number of halogens is 3. The van der Waals surface area contributed by atoms with Gasteiger partial charge < -0.3 is 10.1 Å². The second kappa shape index (κ2) is 11.3. The molecule has 0 bridgehead atoms. The molecule has 2 rings (SSSR count). The van der Waals surface area contributed by atoms with Crippen molar-refractivity contribution in [3.05, 3.63) is 64.4 Å². The maximum Gasteiger partial charge on any atom is 0.129 e. The Hall–Kier alpha value is -1.29. The Kier molecular flexibility index (Phi) is 9.77. The van der Waals surface area contributed by atoms with Crippen molar-refractivity contribution in [2.24, 2.45) is 0 Å². The van der Waals surface area contributed by atoms with E-state index in [9.17, 15) is 4.39 Å². The van der Waals surface area contributed by atoms with E-state index >= 15 is 0 Å². The van der Waals surface area contributed by atoms with Gasteiger partial charge in [-0.3, -0.25) is 0 Å². The minimum atomic E-state index is -0.249. The third-order valence-electron chi connectivity index (χ3n) is 3.64. The van der Waals surface area contributed by atoms with E-state index in [4.69, 9.17) is 16.3 Å². The number of unbranched alkanes of at least 4 members (excludes halogenated alkanes) is 2. The van der Waals surface area contributed by atoms with Crippen LogP contribution in [0.5, 0.6) is 5.75 Å². The van der Waals surface area contributed by atoms with Gasteiger partial charge in [0.15, 0.2) is 0 Å². The van der Waals surface area contributed by atoms with E-state index < -0.39 is 0 Å². The zero-order chi connectivity index (χ0) is 16.5. The molecule has 0 radical (unpaired) electrons. The molecular weight excluding hydrogens is 348 g/mol. The third-order valence-corrected chi connectivity index (χ3v) is 3.87. The molecule has 0 amide bonds. The van der Waals surface area contributed by atoms with E-state index in [2.05, 4.69) is 12.2 Å². The van der Waals surface area contributed by atoms with Crippen LogP contribution < -0.4 is 10.1 Å². The Morgan fingerprint density at radius 3 is 2.62 bits per heavy atom. The Bertz CT molecular complexity index is 622. The first-order valence-electron chi connectivity index (χ1n) is 8.06. The summed E-state index contributed by atoms with van der Waals surface area (Å²) < 4.78 is 19.5. The highest BCUT2D eigenvalue weighted by molar-refractivity contribution is 6.30. The minimum absolute atomic E-state index is 0. The first-order chi connectivity index (χ1) is 11.2. The van der Waals surface area contributed by atoms with Crippen molar-refractivity contribution in [2.75, 3.05) is 6.54 Å². The molecule has 0 aliphatic carbocycles. The van der Waals surface area contributed by atoms with E-state index in [1.54, 1.807) is 24.3 Å². The summed E-state index contributed by atoms with van der Waals surface area (Å²) in [6.07, 6.45) is 3.58. The number of hydrogen-bond acceptors (Lipinski definition) is 2. The van der Waals surface area contributed by atoms with Crippen LogP contribution in [0.1, 0.15) is 37.3 Å². The maximum atomic E-state index is 13.7. The van der Waals surface area contributed by atoms with Crippen molar-refractivity contribution in [1.29, 1.82) is 0 Å². The fourth-order valence-electron chi connectivity index (χ4n) is 2.32. The lowest BCUT2D eigenvalue weighted by atomic mass is 10.2. The van der Waals surface area contributed by atoms with E-state index in [0.717, 1.165) is 24.3 Å². The third kappa shape index (κ3) is 6.68. The van der Waals surface area contributed by atoms with Crippen LogP contribution >= 0.6 is 24.0 Å². The molecule has 0 saturated heterocycles. The lowest BCUT2D eigenvalue weighted by Crippen LogP contribution is -2.15. The van der Waals surface area contributed by atoms with Gasteiger partial charge in [0, 0.05) is 22.7 Å². The molecule has 0 aliphatic rings. The largest absolute Gasteiger partial charge is 0.488 e. The average molecular weight is 372 g/mol. The van der Waals surface area contributed by atoms with Gasteiger partial charge in [-0.2, -0.15) is 0 Å². The summed E-state index contributed by atoms with van der Waals surface area (Å²) in [4.78, 5) is 0. The van der Waals surface area contributed by atoms with Crippen molar-refractivity contribution in [1.82, 2.24) is 5.32 Å². The topological polar surface area (TPSA) is 21.3 Å². The molecule has 0 unspecified atom stereocenters. The molecule has 2 aromatic rings. The summed E-state index contributed by atoms with van der Waals surface area (Å²) in [5.41, 5.74) is 1.54. The highest BCUT2D eigenvalue weighted by atomic mass is 35.5. The van der Waals surface area contributed by atoms with Gasteiger partial charge in [0.2, 0.25) is 0 Å². The first kappa shape index (κ1) is 20.8. The minimum Gasteiger partial charge on any atom is -0.488 e. The van der Waals surface area contributed by atoms with Crippen LogP contribution in [-0.2, 0) is 13.2 Å². The molecule has 5 heteroatoms. The normalized spacial score (nSPS) is 10.3. The molecule has 0 atom stereocenters. The number of rotatable bonds is 9. The fraction of sp³-hybridized carbons (Fsp3) is 0.368. The fourth-order valence-corrected chi connectivity index (χ4v) is 2.52. The van der Waals surface area contributed by atoms with Crippen LogP contribution in [0, 0.1) is 5.82 Å². The second-order valence-corrected chi connectivity index (χ2v) is 5.95. The smallest absolute Gasteiger partial charge is 0.129 e. The van der Waals surface area contributed by atoms with Crippen LogP contribution in [-0.4, -0.2) is 6.54 Å². The van der Waals surface area contributed by atoms with E-state index in [1.807, 2.05) is 12.1 Å². The van der Waals surface area contributed by atoms with Gasteiger partial charge in [-0.15, -0.1) is 12.4 Å². The van der Waals surface area contributed by atoms with E-state index in [1.165, 1.54) is 18.9 Å². The van der Waals surface area contributed by atoms with Gasteiger partial charge in [0.05, 0.1) is 0 Å². The summed E-state index contributed by atoms with van der Waals surface area (Å²) in [6.45, 7) is 4.05. The van der Waals surface area contributed by atoms with Gasteiger partial charge in [-0.05, 0) is 37.2 Å². The summed E-state index contributed by atoms with van der Waals surface area (Å²) >= 11 is 6.08. The SMILES string of the molecule is CCCCCNCc1cc(Cl)ccc1OCc1ccccc1F.Cl. The molecule has 0 fully saturated rings. The summed E-state index contributed by atoms with van der Waals surface area (Å²) in [5.74, 6) is 0.487. The predicted molar refractivity (Wildman–Crippen MR) is 101 cm³/mol. The predicted octanol–water partition coefficient (Wildman–Crippen LogP) is 5.76. The lowest BCUT2D eigenvalue weighted by Gasteiger charge is -2.13. The molecule has 1 N–H and O–H groups in total. The molecular formula is C19H24Cl2FNO. The van der Waals surface area contributed by atoms with Gasteiger partial charge in [0.1, 0.15) is 18.2 Å². The van der Waals surface area contributed by atoms with Crippen LogP contribution in [0.15, 0.2) is 42.5 Å². The zero-order valence-corrected chi connectivity index (χ0v) is 15.4. The zero-order valence-electron chi connectivity index (χ0n) is 13.9. The maximum absolute atomic E-state index is 13.7. The van der Waals surface area contributed by atoms with Crippen molar-refractivity contribution in [3.63, 3.8) is 0 Å². The Labute approximate surface area is 154 Å². The summed E-state index contributed by atoms with van der Waals surface area (Å²) in [5, 5.41) is 4.08. The van der Waals surface area contributed by atoms with Crippen LogP contribution in [0.4, 0.5) is 4.39 Å². The van der Waals surface area contributed by atoms with Crippen molar-refractivity contribution >= 4 is 24.0 Å². The molecule has 0 aliphatic heterocycles. The van der Waals surface area contributed by atoms with E-state index in [0.29, 0.717) is 17.1 Å². The number of benzene rings is 2. The van der Waals surface area contributed by atoms with Gasteiger partial charge in [-0.25, -0.2) is 4.39 Å². The first-order valence-corrected chi connectivity index (χ1v) is 8.44. The quantitative estimate of drug-likeness (QED) is 0.565. The number of nitrogens with one attached hydrogen (secondary N) is 1. The molecule has 132 valence electrons. The van der Waals surface area contributed by atoms with Crippen molar-refractivity contribution < 1.29 is 9.13 Å². The van der Waals surface area contributed by atoms with Crippen LogP contribution in [0.3, 0.4) is 0 Å². The standard InChI is InChI=1S/C19H23ClFNO.ClH/c1-2-3-6-11-22-13-16-12-17(20)9-10-19(16)23-14-15-7-4-5-8-18(15)21;/h4-5,7-10,12,22H,2-3,6,11,13-14H2,1H3;1H. The molecule has 0 aromatic heterocycles. The highest BCUT2D eigenvalue weighted by Crippen LogP contribution is 2.24. The molecule has 2 nitrogen and oxygen atoms in total. The Morgan fingerprint density at radius 2 is 1.88 bits per heavy atom. The van der Waals surface area contributed by atoms with Crippen LogP contribution in [0.2, 0.25) is 5.02 Å². The Balaban J connectivity index is 0.00000288. The van der Waals surface area contributed by atoms with Gasteiger partial charge >= 0.3 is 0 Å². The highest BCUT2D eigenvalue weighted by Gasteiger charge is 2.07. The molecule has 0 spiro atoms. The summed E-state index contributed by atoms with van der Waals surface area (Å²) in [7, 11) is 0. The van der Waals surface area contributed by atoms with Gasteiger partial charge in [0.25, 0.3) is 0 Å². The second-order valence-electron chi connectivity index (χ2n) is 5.52. The lowest BCUT2D eigenvalue weighted by molar-refractivity contribution is 0.296. The van der Waals surface area contributed by atoms with Gasteiger partial charge in [-0.1, -0.05) is 49.6 Å². The average Bonchev–Trinajstić information content (AvgIpc) is 2.55. The number of hydrogen-bond donors (Lipinski definition) is 1. The molecule has 2 aromatic carbocycles. The molecule has 0 heterocycles. The molecule has 0 saturated carbocycles. The summed E-state index contributed by atoms with van der Waals surface area (Å²) in [6, 6.07) is 12.2. The van der Waals surface area contributed by atoms with Crippen LogP contribution in [0.25, 0.3) is 0 Å². The Morgan fingerprint density at radius 1 is 1.08 bits per heavy atom.